The summed E-state index contributed by atoms with van der Waals surface area (Å²) in [6, 6.07) is 9.61. The van der Waals surface area contributed by atoms with Crippen molar-refractivity contribution >= 4 is 17.4 Å². The maximum absolute atomic E-state index is 12.5. The Morgan fingerprint density at radius 3 is 2.67 bits per heavy atom. The molecule has 0 saturated carbocycles. The van der Waals surface area contributed by atoms with Gasteiger partial charge in [-0.05, 0) is 43.5 Å². The highest BCUT2D eigenvalue weighted by molar-refractivity contribution is 6.05. The van der Waals surface area contributed by atoms with Crippen LogP contribution >= 0.6 is 0 Å². The molecule has 0 spiro atoms. The first-order chi connectivity index (χ1) is 10.0. The Kier molecular flexibility index (Phi) is 4.58. The highest BCUT2D eigenvalue weighted by Gasteiger charge is 2.12. The summed E-state index contributed by atoms with van der Waals surface area (Å²) in [6.07, 6.45) is 0.883. The summed E-state index contributed by atoms with van der Waals surface area (Å²) in [5.74, 6) is 0.585. The average molecular weight is 283 g/mol. The maximum atomic E-state index is 12.5. The van der Waals surface area contributed by atoms with Crippen molar-refractivity contribution in [3.8, 4) is 0 Å². The van der Waals surface area contributed by atoms with Crippen LogP contribution in [0.3, 0.4) is 0 Å². The van der Waals surface area contributed by atoms with Crippen LogP contribution in [-0.2, 0) is 6.42 Å². The van der Waals surface area contributed by atoms with E-state index in [2.05, 4.69) is 22.5 Å². The molecule has 0 radical (unpaired) electrons. The first-order valence-electron chi connectivity index (χ1n) is 7.11. The van der Waals surface area contributed by atoms with Gasteiger partial charge in [0.05, 0.1) is 0 Å². The van der Waals surface area contributed by atoms with E-state index in [1.165, 1.54) is 0 Å². The molecule has 0 aliphatic carbocycles. The molecule has 1 heterocycles. The number of aromatic nitrogens is 1. The lowest BCUT2D eigenvalue weighted by Crippen LogP contribution is -2.15. The SMILES string of the molecule is CCc1cccc(C)c1NC(=O)c1cc(C)nc(NC)c1. The van der Waals surface area contributed by atoms with E-state index in [1.807, 2.05) is 32.0 Å². The molecular weight excluding hydrogens is 262 g/mol. The molecule has 1 amide bonds. The smallest absolute Gasteiger partial charge is 0.255 e. The number of anilines is 2. The van der Waals surface area contributed by atoms with Crippen molar-refractivity contribution in [2.45, 2.75) is 27.2 Å². The Labute approximate surface area is 125 Å². The first kappa shape index (κ1) is 15.0. The zero-order valence-corrected chi connectivity index (χ0v) is 12.9. The number of amides is 1. The highest BCUT2D eigenvalue weighted by atomic mass is 16.1. The van der Waals surface area contributed by atoms with E-state index in [9.17, 15) is 4.79 Å². The molecule has 0 unspecified atom stereocenters. The highest BCUT2D eigenvalue weighted by Crippen LogP contribution is 2.22. The summed E-state index contributed by atoms with van der Waals surface area (Å²) >= 11 is 0. The number of nitrogens with one attached hydrogen (secondary N) is 2. The van der Waals surface area contributed by atoms with Crippen LogP contribution < -0.4 is 10.6 Å². The summed E-state index contributed by atoms with van der Waals surface area (Å²) in [5.41, 5.74) is 4.54. The zero-order chi connectivity index (χ0) is 15.4. The number of carbonyl (C=O) groups is 1. The number of aryl methyl sites for hydroxylation is 3. The monoisotopic (exact) mass is 283 g/mol. The molecule has 0 saturated heterocycles. The summed E-state index contributed by atoms with van der Waals surface area (Å²) in [6.45, 7) is 5.97. The predicted molar refractivity (Wildman–Crippen MR) is 87.0 cm³/mol. The number of hydrogen-bond acceptors (Lipinski definition) is 3. The lowest BCUT2D eigenvalue weighted by atomic mass is 10.1. The topological polar surface area (TPSA) is 54.0 Å². The van der Waals surface area contributed by atoms with Gasteiger partial charge in [0.1, 0.15) is 5.82 Å². The molecule has 1 aromatic carbocycles. The van der Waals surface area contributed by atoms with Gasteiger partial charge in [-0.2, -0.15) is 0 Å². The number of benzene rings is 1. The van der Waals surface area contributed by atoms with Crippen LogP contribution in [-0.4, -0.2) is 17.9 Å². The van der Waals surface area contributed by atoms with Crippen molar-refractivity contribution < 1.29 is 4.79 Å². The maximum Gasteiger partial charge on any atom is 0.255 e. The fourth-order valence-corrected chi connectivity index (χ4v) is 2.32. The van der Waals surface area contributed by atoms with Crippen LogP contribution in [0, 0.1) is 13.8 Å². The Hall–Kier alpha value is -2.36. The molecule has 0 aliphatic rings. The molecule has 2 N–H and O–H groups in total. The minimum Gasteiger partial charge on any atom is -0.373 e. The third-order valence-electron chi connectivity index (χ3n) is 3.45. The summed E-state index contributed by atoms with van der Waals surface area (Å²) in [5, 5.41) is 6.00. The second-order valence-electron chi connectivity index (χ2n) is 5.05. The van der Waals surface area contributed by atoms with Crippen molar-refractivity contribution in [2.24, 2.45) is 0 Å². The Morgan fingerprint density at radius 1 is 1.24 bits per heavy atom. The standard InChI is InChI=1S/C17H21N3O/c1-5-13-8-6-7-11(2)16(13)20-17(21)14-9-12(3)19-15(10-14)18-4/h6-10H,5H2,1-4H3,(H,18,19)(H,20,21). The average Bonchev–Trinajstić information content (AvgIpc) is 2.48. The van der Waals surface area contributed by atoms with Gasteiger partial charge in [0, 0.05) is 24.0 Å². The molecule has 110 valence electrons. The lowest BCUT2D eigenvalue weighted by Gasteiger charge is -2.13. The van der Waals surface area contributed by atoms with E-state index >= 15 is 0 Å². The van der Waals surface area contributed by atoms with Crippen molar-refractivity contribution in [2.75, 3.05) is 17.7 Å². The zero-order valence-electron chi connectivity index (χ0n) is 12.9. The van der Waals surface area contributed by atoms with Gasteiger partial charge in [-0.3, -0.25) is 4.79 Å². The van der Waals surface area contributed by atoms with Crippen molar-refractivity contribution in [3.63, 3.8) is 0 Å². The Balaban J connectivity index is 2.32. The quantitative estimate of drug-likeness (QED) is 0.902. The van der Waals surface area contributed by atoms with E-state index in [0.717, 1.165) is 28.9 Å². The molecule has 0 atom stereocenters. The summed E-state index contributed by atoms with van der Waals surface area (Å²) in [4.78, 5) is 16.8. The third kappa shape index (κ3) is 3.40. The van der Waals surface area contributed by atoms with Crippen molar-refractivity contribution in [1.82, 2.24) is 4.98 Å². The number of hydrogen-bond donors (Lipinski definition) is 2. The summed E-state index contributed by atoms with van der Waals surface area (Å²) in [7, 11) is 1.79. The van der Waals surface area contributed by atoms with Crippen LogP contribution in [0.4, 0.5) is 11.5 Å². The molecule has 0 fully saturated rings. The van der Waals surface area contributed by atoms with Gasteiger partial charge in [0.2, 0.25) is 0 Å². The number of carbonyl (C=O) groups excluding carboxylic acids is 1. The van der Waals surface area contributed by atoms with E-state index in [0.29, 0.717) is 11.4 Å². The van der Waals surface area contributed by atoms with Crippen molar-refractivity contribution in [1.29, 1.82) is 0 Å². The van der Waals surface area contributed by atoms with E-state index in [1.54, 1.807) is 19.2 Å². The summed E-state index contributed by atoms with van der Waals surface area (Å²) < 4.78 is 0. The second kappa shape index (κ2) is 6.39. The molecule has 0 bridgehead atoms. The first-order valence-corrected chi connectivity index (χ1v) is 7.11. The number of nitrogens with zero attached hydrogens (tertiary/aromatic N) is 1. The molecular formula is C17H21N3O. The van der Waals surface area contributed by atoms with Crippen LogP contribution in [0.15, 0.2) is 30.3 Å². The number of rotatable bonds is 4. The fourth-order valence-electron chi connectivity index (χ4n) is 2.32. The molecule has 4 heteroatoms. The second-order valence-corrected chi connectivity index (χ2v) is 5.05. The van der Waals surface area contributed by atoms with Gasteiger partial charge in [-0.25, -0.2) is 4.98 Å². The van der Waals surface area contributed by atoms with Gasteiger partial charge < -0.3 is 10.6 Å². The fraction of sp³-hybridized carbons (Fsp3) is 0.294. The molecule has 21 heavy (non-hydrogen) atoms. The van der Waals surface area contributed by atoms with Crippen LogP contribution in [0.2, 0.25) is 0 Å². The van der Waals surface area contributed by atoms with Gasteiger partial charge in [-0.15, -0.1) is 0 Å². The molecule has 2 rings (SSSR count). The van der Waals surface area contributed by atoms with Crippen LogP contribution in [0.1, 0.15) is 34.1 Å². The molecule has 0 aliphatic heterocycles. The molecule has 1 aromatic heterocycles. The van der Waals surface area contributed by atoms with Crippen LogP contribution in [0.5, 0.6) is 0 Å². The number of pyridine rings is 1. The minimum atomic E-state index is -0.110. The van der Waals surface area contributed by atoms with Crippen molar-refractivity contribution in [3.05, 3.63) is 52.7 Å². The van der Waals surface area contributed by atoms with Gasteiger partial charge in [0.15, 0.2) is 0 Å². The lowest BCUT2D eigenvalue weighted by molar-refractivity contribution is 0.102. The number of para-hydroxylation sites is 1. The van der Waals surface area contributed by atoms with E-state index < -0.39 is 0 Å². The molecule has 2 aromatic rings. The van der Waals surface area contributed by atoms with Gasteiger partial charge in [0.25, 0.3) is 5.91 Å². The van der Waals surface area contributed by atoms with Crippen LogP contribution in [0.25, 0.3) is 0 Å². The normalized spacial score (nSPS) is 10.3. The Bertz CT molecular complexity index is 665. The van der Waals surface area contributed by atoms with E-state index in [4.69, 9.17) is 0 Å². The molecule has 4 nitrogen and oxygen atoms in total. The third-order valence-corrected chi connectivity index (χ3v) is 3.45. The minimum absolute atomic E-state index is 0.110. The largest absolute Gasteiger partial charge is 0.373 e. The van der Waals surface area contributed by atoms with E-state index in [-0.39, 0.29) is 5.91 Å². The predicted octanol–water partition coefficient (Wildman–Crippen LogP) is 3.55. The van der Waals surface area contributed by atoms with Gasteiger partial charge >= 0.3 is 0 Å². The van der Waals surface area contributed by atoms with Gasteiger partial charge in [-0.1, -0.05) is 25.1 Å². The Morgan fingerprint density at radius 2 is 2.00 bits per heavy atom.